The molecule has 0 atom stereocenters. The van der Waals surface area contributed by atoms with Crippen molar-refractivity contribution in [1.82, 2.24) is 0 Å². The van der Waals surface area contributed by atoms with Gasteiger partial charge in [-0.15, -0.1) is 0 Å². The third kappa shape index (κ3) is 13.8. The second kappa shape index (κ2) is 8.87. The largest absolute Gasteiger partial charge is 1.00 e. The van der Waals surface area contributed by atoms with E-state index in [1.165, 1.54) is 0 Å². The fourth-order valence-corrected chi connectivity index (χ4v) is 0. The van der Waals surface area contributed by atoms with Crippen molar-refractivity contribution in [3.05, 3.63) is 0 Å². The van der Waals surface area contributed by atoms with Crippen molar-refractivity contribution in [2.75, 3.05) is 6.61 Å². The minimum Gasteiger partial charge on any atom is -1.00 e. The zero-order chi connectivity index (χ0) is 3.41. The highest BCUT2D eigenvalue weighted by molar-refractivity contribution is 4.10. The number of rotatable bonds is 1. The summed E-state index contributed by atoms with van der Waals surface area (Å²) in [5.41, 5.74) is 0. The van der Waals surface area contributed by atoms with Gasteiger partial charge in [-0.3, -0.25) is 0 Å². The van der Waals surface area contributed by atoms with E-state index in [1.807, 2.05) is 6.92 Å². The molecule has 34 valence electrons. The molecule has 0 aromatic rings. The van der Waals surface area contributed by atoms with Crippen LogP contribution in [-0.4, -0.2) is 11.7 Å². The van der Waals surface area contributed by atoms with Crippen LogP contribution in [0.3, 0.4) is 0 Å². The molecule has 0 saturated heterocycles. The number of aliphatic hydroxyl groups excluding tert-OH is 1. The summed E-state index contributed by atoms with van der Waals surface area (Å²) < 4.78 is 0. The summed E-state index contributed by atoms with van der Waals surface area (Å²) in [7, 11) is 0. The summed E-state index contributed by atoms with van der Waals surface area (Å²) in [6.45, 7) is 2.25. The van der Waals surface area contributed by atoms with Crippen LogP contribution in [-0.2, 0) is 0 Å². The van der Waals surface area contributed by atoms with E-state index in [0.29, 0.717) is 6.61 Å². The number of halogens is 1. The summed E-state index contributed by atoms with van der Waals surface area (Å²) in [6.07, 6.45) is 0.875. The van der Waals surface area contributed by atoms with Gasteiger partial charge in [0, 0.05) is 6.61 Å². The van der Waals surface area contributed by atoms with Crippen LogP contribution in [0.5, 0.6) is 0 Å². The molecule has 0 heterocycles. The van der Waals surface area contributed by atoms with Gasteiger partial charge in [0.05, 0.1) is 0 Å². The van der Waals surface area contributed by atoms with Crippen LogP contribution in [0, 0.1) is 0 Å². The van der Waals surface area contributed by atoms with Crippen molar-refractivity contribution in [3.63, 3.8) is 0 Å². The minimum absolute atomic E-state index is 0. The molecule has 0 unspecified atom stereocenters. The zero-order valence-electron chi connectivity index (χ0n) is 3.24. The Bertz CT molecular complexity index is 8.85. The van der Waals surface area contributed by atoms with Crippen LogP contribution in [0.25, 0.3) is 0 Å². The van der Waals surface area contributed by atoms with E-state index < -0.39 is 0 Å². The highest BCUT2D eigenvalue weighted by atomic mass is 35.5. The lowest BCUT2D eigenvalue weighted by atomic mass is 10.5. The van der Waals surface area contributed by atoms with Gasteiger partial charge in [-0.2, -0.15) is 0 Å². The first kappa shape index (κ1) is 8.98. The third-order valence-electron chi connectivity index (χ3n) is 0.224. The maximum Gasteiger partial charge on any atom is 0.0428 e. The van der Waals surface area contributed by atoms with Crippen LogP contribution in [0.15, 0.2) is 0 Å². The smallest absolute Gasteiger partial charge is 0.0428 e. The molecule has 0 rings (SSSR count). The quantitative estimate of drug-likeness (QED) is 0.379. The van der Waals surface area contributed by atoms with Gasteiger partial charge in [-0.25, -0.2) is 0 Å². The Morgan fingerprint density at radius 3 is 1.80 bits per heavy atom. The topological polar surface area (TPSA) is 20.2 Å². The highest BCUT2D eigenvalue weighted by Gasteiger charge is 1.57. The Balaban J connectivity index is 0. The molecule has 1 nitrogen and oxygen atoms in total. The van der Waals surface area contributed by atoms with E-state index in [0.717, 1.165) is 6.42 Å². The summed E-state index contributed by atoms with van der Waals surface area (Å²) in [5.74, 6) is 0. The lowest BCUT2D eigenvalue weighted by Gasteiger charge is -1.69. The maximum atomic E-state index is 7.88. The summed E-state index contributed by atoms with van der Waals surface area (Å²) in [6, 6.07) is 0. The van der Waals surface area contributed by atoms with E-state index >= 15 is 0 Å². The van der Waals surface area contributed by atoms with Crippen molar-refractivity contribution >= 4 is 0 Å². The molecule has 0 radical (unpaired) electrons. The molecule has 0 bridgehead atoms. The molecule has 0 aliphatic heterocycles. The molecule has 0 saturated carbocycles. The van der Waals surface area contributed by atoms with Gasteiger partial charge >= 0.3 is 0 Å². The lowest BCUT2D eigenvalue weighted by Crippen LogP contribution is -3.00. The first-order chi connectivity index (χ1) is 1.91. The predicted molar refractivity (Wildman–Crippen MR) is 17.4 cm³/mol. The molecular formula is C3H8ClO-. The van der Waals surface area contributed by atoms with Crippen LogP contribution in [0.4, 0.5) is 0 Å². The molecule has 1 N–H and O–H groups in total. The van der Waals surface area contributed by atoms with Gasteiger partial charge in [-0.1, -0.05) is 6.92 Å². The summed E-state index contributed by atoms with van der Waals surface area (Å²) in [5, 5.41) is 7.88. The van der Waals surface area contributed by atoms with Crippen molar-refractivity contribution in [1.29, 1.82) is 0 Å². The summed E-state index contributed by atoms with van der Waals surface area (Å²) in [4.78, 5) is 0. The Morgan fingerprint density at radius 2 is 1.80 bits per heavy atom. The van der Waals surface area contributed by atoms with E-state index in [1.54, 1.807) is 0 Å². The van der Waals surface area contributed by atoms with Gasteiger partial charge in [0.25, 0.3) is 0 Å². The molecule has 0 fully saturated rings. The van der Waals surface area contributed by atoms with Crippen LogP contribution in [0.1, 0.15) is 13.3 Å². The molecule has 0 amide bonds. The fraction of sp³-hybridized carbons (Fsp3) is 1.00. The number of hydrogen-bond acceptors (Lipinski definition) is 1. The average Bonchev–Trinajstić information content (AvgIpc) is 1.37. The Morgan fingerprint density at radius 1 is 1.60 bits per heavy atom. The first-order valence-electron chi connectivity index (χ1n) is 1.52. The number of hydrogen-bond donors (Lipinski definition) is 1. The third-order valence-corrected chi connectivity index (χ3v) is 0.224. The minimum atomic E-state index is 0. The SMILES string of the molecule is CCCO.[Cl-]. The van der Waals surface area contributed by atoms with Crippen molar-refractivity contribution in [2.24, 2.45) is 0 Å². The molecule has 5 heavy (non-hydrogen) atoms. The Kier molecular flexibility index (Phi) is 15.9. The molecule has 0 aromatic carbocycles. The van der Waals surface area contributed by atoms with E-state index in [2.05, 4.69) is 0 Å². The fourth-order valence-electron chi connectivity index (χ4n) is 0. The van der Waals surface area contributed by atoms with Crippen LogP contribution < -0.4 is 12.4 Å². The van der Waals surface area contributed by atoms with Crippen molar-refractivity contribution < 1.29 is 17.5 Å². The van der Waals surface area contributed by atoms with Gasteiger partial charge in [0.1, 0.15) is 0 Å². The summed E-state index contributed by atoms with van der Waals surface area (Å²) >= 11 is 0. The normalized spacial score (nSPS) is 6.00. The Labute approximate surface area is 38.4 Å². The first-order valence-corrected chi connectivity index (χ1v) is 1.52. The highest BCUT2D eigenvalue weighted by Crippen LogP contribution is 1.61. The van der Waals surface area contributed by atoms with E-state index in [-0.39, 0.29) is 12.4 Å². The Hall–Kier alpha value is 0.250. The second-order valence-electron chi connectivity index (χ2n) is 0.724. The molecule has 0 aliphatic carbocycles. The van der Waals surface area contributed by atoms with Gasteiger partial charge < -0.3 is 17.5 Å². The predicted octanol–water partition coefficient (Wildman–Crippen LogP) is -2.61. The maximum absolute atomic E-state index is 7.88. The number of aliphatic hydroxyl groups is 1. The van der Waals surface area contributed by atoms with Gasteiger partial charge in [0.15, 0.2) is 0 Å². The van der Waals surface area contributed by atoms with Gasteiger partial charge in [-0.05, 0) is 6.42 Å². The van der Waals surface area contributed by atoms with Crippen molar-refractivity contribution in [2.45, 2.75) is 13.3 Å². The monoisotopic (exact) mass is 95.0 g/mol. The van der Waals surface area contributed by atoms with E-state index in [9.17, 15) is 0 Å². The molecule has 0 aliphatic rings. The molecule has 0 aromatic heterocycles. The second-order valence-corrected chi connectivity index (χ2v) is 0.724. The zero-order valence-corrected chi connectivity index (χ0v) is 4.00. The average molecular weight is 95.5 g/mol. The van der Waals surface area contributed by atoms with Crippen LogP contribution in [0.2, 0.25) is 0 Å². The van der Waals surface area contributed by atoms with E-state index in [4.69, 9.17) is 5.11 Å². The van der Waals surface area contributed by atoms with Crippen LogP contribution >= 0.6 is 0 Å². The van der Waals surface area contributed by atoms with Gasteiger partial charge in [0.2, 0.25) is 0 Å². The lowest BCUT2D eigenvalue weighted by molar-refractivity contribution is -0.00000202. The molecule has 0 spiro atoms. The molecular weight excluding hydrogens is 87.5 g/mol. The standard InChI is InChI=1S/C3H8O.ClH/c1-2-3-4;/h4H,2-3H2,1H3;1H/p-1. The van der Waals surface area contributed by atoms with Crippen molar-refractivity contribution in [3.8, 4) is 0 Å². The molecule has 2 heteroatoms.